The van der Waals surface area contributed by atoms with E-state index >= 15 is 0 Å². The maximum absolute atomic E-state index is 13.0. The number of aliphatic hydroxyl groups is 1. The molecule has 6 nitrogen and oxygen atoms in total. The van der Waals surface area contributed by atoms with E-state index in [0.717, 1.165) is 11.1 Å². The Kier molecular flexibility index (Phi) is 7.38. The van der Waals surface area contributed by atoms with Crippen molar-refractivity contribution in [2.45, 2.75) is 31.7 Å². The predicted octanol–water partition coefficient (Wildman–Crippen LogP) is 4.31. The molecule has 1 aliphatic heterocycles. The number of carbonyl (C=O) groups is 3. The van der Waals surface area contributed by atoms with Crippen LogP contribution in [0.15, 0.2) is 78.1 Å². The summed E-state index contributed by atoms with van der Waals surface area (Å²) in [7, 11) is 0. The van der Waals surface area contributed by atoms with E-state index in [0.29, 0.717) is 25.8 Å². The van der Waals surface area contributed by atoms with Crippen LogP contribution in [-0.4, -0.2) is 39.3 Å². The summed E-state index contributed by atoms with van der Waals surface area (Å²) in [6.07, 6.45) is 4.84. The second kappa shape index (κ2) is 10.4. The van der Waals surface area contributed by atoms with Crippen LogP contribution in [0.25, 0.3) is 6.08 Å². The van der Waals surface area contributed by atoms with Gasteiger partial charge >= 0.3 is 5.97 Å². The van der Waals surface area contributed by atoms with Gasteiger partial charge in [-0.15, -0.1) is 0 Å². The van der Waals surface area contributed by atoms with E-state index in [1.54, 1.807) is 6.08 Å². The molecule has 0 aromatic heterocycles. The van der Waals surface area contributed by atoms with Crippen molar-refractivity contribution in [1.29, 1.82) is 0 Å². The van der Waals surface area contributed by atoms with Crippen molar-refractivity contribution < 1.29 is 24.6 Å². The van der Waals surface area contributed by atoms with Crippen molar-refractivity contribution in [3.8, 4) is 0 Å². The van der Waals surface area contributed by atoms with E-state index in [9.17, 15) is 19.5 Å². The minimum Gasteiger partial charge on any atom is -0.503 e. The van der Waals surface area contributed by atoms with Gasteiger partial charge < -0.3 is 15.1 Å². The van der Waals surface area contributed by atoms with E-state index < -0.39 is 29.5 Å². The molecule has 1 amide bonds. The molecule has 0 saturated carbocycles. The number of amides is 1. The van der Waals surface area contributed by atoms with Crippen LogP contribution in [0.4, 0.5) is 0 Å². The van der Waals surface area contributed by atoms with Crippen molar-refractivity contribution in [2.75, 3.05) is 6.54 Å². The molecule has 0 aliphatic carbocycles. The molecule has 0 fully saturated rings. The number of aliphatic carboxylic acids is 1. The fourth-order valence-corrected chi connectivity index (χ4v) is 3.68. The zero-order valence-electron chi connectivity index (χ0n) is 17.1. The number of unbranched alkanes of at least 4 members (excludes halogenated alkanes) is 2. The zero-order valence-corrected chi connectivity index (χ0v) is 17.1. The van der Waals surface area contributed by atoms with Gasteiger partial charge in [-0.2, -0.15) is 0 Å². The average Bonchev–Trinajstić information content (AvgIpc) is 3.03. The maximum atomic E-state index is 13.0. The van der Waals surface area contributed by atoms with Gasteiger partial charge in [0.2, 0.25) is 0 Å². The first kappa shape index (κ1) is 22.0. The molecule has 1 unspecified atom stereocenters. The van der Waals surface area contributed by atoms with E-state index in [1.807, 2.05) is 60.7 Å². The van der Waals surface area contributed by atoms with Crippen molar-refractivity contribution >= 4 is 23.7 Å². The summed E-state index contributed by atoms with van der Waals surface area (Å²) in [4.78, 5) is 38.0. The summed E-state index contributed by atoms with van der Waals surface area (Å²) in [5.74, 6) is -2.38. The summed E-state index contributed by atoms with van der Waals surface area (Å²) < 4.78 is 0. The fraction of sp³-hybridized carbons (Fsp3) is 0.240. The van der Waals surface area contributed by atoms with E-state index in [-0.39, 0.29) is 12.0 Å². The molecule has 160 valence electrons. The smallest absolute Gasteiger partial charge is 0.303 e. The molecule has 1 aliphatic rings. The third-order valence-corrected chi connectivity index (χ3v) is 5.20. The maximum Gasteiger partial charge on any atom is 0.303 e. The predicted molar refractivity (Wildman–Crippen MR) is 117 cm³/mol. The number of ketones is 1. The van der Waals surface area contributed by atoms with Crippen molar-refractivity contribution in [3.05, 3.63) is 89.2 Å². The van der Waals surface area contributed by atoms with Crippen LogP contribution in [-0.2, 0) is 14.4 Å². The first-order valence-corrected chi connectivity index (χ1v) is 10.3. The molecule has 1 atom stereocenters. The lowest BCUT2D eigenvalue weighted by atomic mass is 9.95. The number of aliphatic hydroxyl groups excluding tert-OH is 1. The van der Waals surface area contributed by atoms with Gasteiger partial charge in [0.05, 0.1) is 11.6 Å². The minimum absolute atomic E-state index is 0.0638. The molecule has 0 bridgehead atoms. The minimum atomic E-state index is -0.850. The van der Waals surface area contributed by atoms with Crippen LogP contribution in [0.5, 0.6) is 0 Å². The molecule has 2 aromatic carbocycles. The van der Waals surface area contributed by atoms with Crippen molar-refractivity contribution in [2.24, 2.45) is 0 Å². The van der Waals surface area contributed by atoms with Gasteiger partial charge in [0.25, 0.3) is 5.91 Å². The Hall–Kier alpha value is -3.67. The standard InChI is InChI=1S/C25H25NO5/c27-20(16-15-18-10-4-1-5-11-18)22-23(19-12-6-2-7-13-19)26(25(31)24(22)30)17-9-3-8-14-21(28)29/h1-2,4-7,10-13,15-16,23,30H,3,8-9,14,17H2,(H,28,29)/b16-15+. The Labute approximate surface area is 181 Å². The van der Waals surface area contributed by atoms with Crippen LogP contribution in [0.3, 0.4) is 0 Å². The van der Waals surface area contributed by atoms with Gasteiger partial charge in [-0.25, -0.2) is 0 Å². The normalized spacial score (nSPS) is 16.3. The third-order valence-electron chi connectivity index (χ3n) is 5.20. The van der Waals surface area contributed by atoms with Gasteiger partial charge in [0, 0.05) is 13.0 Å². The molecular weight excluding hydrogens is 394 g/mol. The Morgan fingerprint density at radius 1 is 0.935 bits per heavy atom. The Bertz CT molecular complexity index is 995. The number of carbonyl (C=O) groups excluding carboxylic acids is 2. The molecule has 0 radical (unpaired) electrons. The average molecular weight is 419 g/mol. The van der Waals surface area contributed by atoms with Crippen LogP contribution in [0.1, 0.15) is 42.9 Å². The third kappa shape index (κ3) is 5.48. The van der Waals surface area contributed by atoms with E-state index in [2.05, 4.69) is 0 Å². The van der Waals surface area contributed by atoms with Crippen LogP contribution < -0.4 is 0 Å². The highest BCUT2D eigenvalue weighted by molar-refractivity contribution is 6.14. The summed E-state index contributed by atoms with van der Waals surface area (Å²) in [5.41, 5.74) is 1.64. The fourth-order valence-electron chi connectivity index (χ4n) is 3.68. The lowest BCUT2D eigenvalue weighted by Crippen LogP contribution is -2.32. The first-order chi connectivity index (χ1) is 15.0. The zero-order chi connectivity index (χ0) is 22.2. The summed E-state index contributed by atoms with van der Waals surface area (Å²) in [6.45, 7) is 0.321. The summed E-state index contributed by atoms with van der Waals surface area (Å²) in [6, 6.07) is 17.8. The molecule has 1 heterocycles. The molecular formula is C25H25NO5. The number of allylic oxidation sites excluding steroid dienone is 1. The highest BCUT2D eigenvalue weighted by Crippen LogP contribution is 2.38. The van der Waals surface area contributed by atoms with E-state index in [4.69, 9.17) is 5.11 Å². The molecule has 2 N–H and O–H groups in total. The number of carboxylic acid groups (broad SMARTS) is 1. The number of carboxylic acids is 1. The van der Waals surface area contributed by atoms with Crippen LogP contribution >= 0.6 is 0 Å². The quantitative estimate of drug-likeness (QED) is 0.442. The molecule has 31 heavy (non-hydrogen) atoms. The number of nitrogens with zero attached hydrogens (tertiary/aromatic N) is 1. The largest absolute Gasteiger partial charge is 0.503 e. The van der Waals surface area contributed by atoms with E-state index in [1.165, 1.54) is 11.0 Å². The summed E-state index contributed by atoms with van der Waals surface area (Å²) >= 11 is 0. The molecule has 2 aromatic rings. The Balaban J connectivity index is 1.82. The van der Waals surface area contributed by atoms with Crippen molar-refractivity contribution in [3.63, 3.8) is 0 Å². The number of hydrogen-bond donors (Lipinski definition) is 2. The Morgan fingerprint density at radius 2 is 1.58 bits per heavy atom. The lowest BCUT2D eigenvalue weighted by Gasteiger charge is -2.26. The molecule has 3 rings (SSSR count). The van der Waals surface area contributed by atoms with Crippen LogP contribution in [0.2, 0.25) is 0 Å². The highest BCUT2D eigenvalue weighted by Gasteiger charge is 2.42. The van der Waals surface area contributed by atoms with Gasteiger partial charge in [-0.3, -0.25) is 14.4 Å². The van der Waals surface area contributed by atoms with Crippen LogP contribution in [0, 0.1) is 0 Å². The SMILES string of the molecule is O=C(O)CCCCCN1C(=O)C(O)=C(C(=O)/C=C/c2ccccc2)C1c1ccccc1. The topological polar surface area (TPSA) is 94.9 Å². The summed E-state index contributed by atoms with van der Waals surface area (Å²) in [5, 5.41) is 19.3. The van der Waals surface area contributed by atoms with Gasteiger partial charge in [-0.1, -0.05) is 73.2 Å². The molecule has 6 heteroatoms. The first-order valence-electron chi connectivity index (χ1n) is 10.3. The Morgan fingerprint density at radius 3 is 2.23 bits per heavy atom. The highest BCUT2D eigenvalue weighted by atomic mass is 16.4. The van der Waals surface area contributed by atoms with Gasteiger partial charge in [0.1, 0.15) is 0 Å². The lowest BCUT2D eigenvalue weighted by molar-refractivity contribution is -0.137. The molecule has 0 saturated heterocycles. The van der Waals surface area contributed by atoms with Gasteiger partial charge in [0.15, 0.2) is 11.5 Å². The monoisotopic (exact) mass is 419 g/mol. The number of hydrogen-bond acceptors (Lipinski definition) is 4. The second-order valence-electron chi connectivity index (χ2n) is 7.39. The van der Waals surface area contributed by atoms with Crippen molar-refractivity contribution in [1.82, 2.24) is 4.90 Å². The van der Waals surface area contributed by atoms with Gasteiger partial charge in [-0.05, 0) is 30.0 Å². The number of rotatable bonds is 10. The second-order valence-corrected chi connectivity index (χ2v) is 7.39. The number of benzene rings is 2. The molecule has 0 spiro atoms.